The van der Waals surface area contributed by atoms with Gasteiger partial charge in [0.15, 0.2) is 5.58 Å². The van der Waals surface area contributed by atoms with E-state index in [1.807, 2.05) is 61.2 Å². The average molecular weight is 446 g/mol. The van der Waals surface area contributed by atoms with Gasteiger partial charge in [-0.05, 0) is 51.0 Å². The highest BCUT2D eigenvalue weighted by molar-refractivity contribution is 5.80. The van der Waals surface area contributed by atoms with Gasteiger partial charge in [-0.2, -0.15) is 4.98 Å². The molecule has 0 aliphatic carbocycles. The number of para-hydroxylation sites is 3. The van der Waals surface area contributed by atoms with Crippen molar-refractivity contribution in [2.45, 2.75) is 39.3 Å². The Bertz CT molecular complexity index is 1320. The number of amides is 1. The molecule has 0 unspecified atom stereocenters. The topological polar surface area (TPSA) is 95.3 Å². The highest BCUT2D eigenvalue weighted by Gasteiger charge is 2.31. The highest BCUT2D eigenvalue weighted by atomic mass is 16.4. The molecule has 4 aromatic rings. The third kappa shape index (κ3) is 4.20. The Balaban J connectivity index is 1.29. The van der Waals surface area contributed by atoms with Crippen LogP contribution < -0.4 is 10.5 Å². The van der Waals surface area contributed by atoms with Gasteiger partial charge in [0.25, 0.3) is 11.6 Å². The molecule has 8 nitrogen and oxygen atoms in total. The van der Waals surface area contributed by atoms with E-state index in [1.165, 1.54) is 0 Å². The lowest BCUT2D eigenvalue weighted by atomic mass is 9.95. The summed E-state index contributed by atoms with van der Waals surface area (Å²) in [5, 5.41) is 0.551. The lowest BCUT2D eigenvalue weighted by molar-refractivity contribution is -0.138. The van der Waals surface area contributed by atoms with Crippen LogP contribution in [0.25, 0.3) is 22.0 Å². The normalized spacial score (nSPS) is 14.9. The SMILES string of the molecule is CC(C)N(Cc1nc2ccccc2c(=O)[nH]1)C(=O)C1CCN(c2nc3ccccc3o2)CC1. The van der Waals surface area contributed by atoms with Crippen LogP contribution in [0.1, 0.15) is 32.5 Å². The Morgan fingerprint density at radius 3 is 2.52 bits per heavy atom. The van der Waals surface area contributed by atoms with Crippen LogP contribution in [0.5, 0.6) is 0 Å². The van der Waals surface area contributed by atoms with E-state index in [-0.39, 0.29) is 30.0 Å². The molecule has 1 saturated heterocycles. The lowest BCUT2D eigenvalue weighted by Crippen LogP contribution is -2.45. The second-order valence-electron chi connectivity index (χ2n) is 8.82. The van der Waals surface area contributed by atoms with Gasteiger partial charge in [-0.3, -0.25) is 9.59 Å². The van der Waals surface area contributed by atoms with E-state index < -0.39 is 0 Å². The fourth-order valence-electron chi connectivity index (χ4n) is 4.43. The summed E-state index contributed by atoms with van der Waals surface area (Å²) >= 11 is 0. The number of hydrogen-bond acceptors (Lipinski definition) is 6. The van der Waals surface area contributed by atoms with Crippen molar-refractivity contribution in [2.75, 3.05) is 18.0 Å². The Labute approximate surface area is 191 Å². The van der Waals surface area contributed by atoms with E-state index in [2.05, 4.69) is 19.9 Å². The molecule has 0 radical (unpaired) electrons. The zero-order valence-corrected chi connectivity index (χ0v) is 18.8. The van der Waals surface area contributed by atoms with Crippen LogP contribution in [0.15, 0.2) is 57.7 Å². The van der Waals surface area contributed by atoms with Crippen molar-refractivity contribution < 1.29 is 9.21 Å². The molecule has 8 heteroatoms. The first-order valence-electron chi connectivity index (χ1n) is 11.4. The first-order valence-corrected chi connectivity index (χ1v) is 11.4. The summed E-state index contributed by atoms with van der Waals surface area (Å²) in [6.07, 6.45) is 1.45. The number of fused-ring (bicyclic) bond motifs is 2. The van der Waals surface area contributed by atoms with Crippen LogP contribution >= 0.6 is 0 Å². The summed E-state index contributed by atoms with van der Waals surface area (Å²) in [5.74, 6) is 0.517. The van der Waals surface area contributed by atoms with Gasteiger partial charge in [0.1, 0.15) is 11.3 Å². The van der Waals surface area contributed by atoms with Gasteiger partial charge in [0.05, 0.1) is 17.4 Å². The van der Waals surface area contributed by atoms with Gasteiger partial charge in [-0.25, -0.2) is 4.98 Å². The zero-order chi connectivity index (χ0) is 22.9. The van der Waals surface area contributed by atoms with Crippen molar-refractivity contribution in [1.82, 2.24) is 19.9 Å². The van der Waals surface area contributed by atoms with E-state index in [0.717, 1.165) is 23.9 Å². The molecule has 0 bridgehead atoms. The van der Waals surface area contributed by atoms with E-state index in [4.69, 9.17) is 4.42 Å². The largest absolute Gasteiger partial charge is 0.423 e. The molecule has 5 rings (SSSR count). The number of H-pyrrole nitrogens is 1. The molecule has 3 heterocycles. The van der Waals surface area contributed by atoms with Gasteiger partial charge in [-0.15, -0.1) is 0 Å². The number of aromatic amines is 1. The van der Waals surface area contributed by atoms with Crippen molar-refractivity contribution in [3.05, 3.63) is 64.7 Å². The van der Waals surface area contributed by atoms with Crippen LogP contribution in [-0.4, -0.2) is 44.9 Å². The van der Waals surface area contributed by atoms with Crippen molar-refractivity contribution in [2.24, 2.45) is 5.92 Å². The van der Waals surface area contributed by atoms with E-state index in [9.17, 15) is 9.59 Å². The number of aromatic nitrogens is 3. The van der Waals surface area contributed by atoms with Gasteiger partial charge in [0, 0.05) is 25.0 Å². The highest BCUT2D eigenvalue weighted by Crippen LogP contribution is 2.28. The number of hydrogen-bond donors (Lipinski definition) is 1. The number of anilines is 1. The maximum absolute atomic E-state index is 13.4. The molecule has 0 saturated carbocycles. The lowest BCUT2D eigenvalue weighted by Gasteiger charge is -2.35. The minimum atomic E-state index is -0.182. The second-order valence-corrected chi connectivity index (χ2v) is 8.82. The van der Waals surface area contributed by atoms with Crippen molar-refractivity contribution in [1.29, 1.82) is 0 Å². The fourth-order valence-corrected chi connectivity index (χ4v) is 4.43. The molecule has 1 fully saturated rings. The van der Waals surface area contributed by atoms with Crippen molar-refractivity contribution >= 4 is 33.9 Å². The van der Waals surface area contributed by atoms with E-state index >= 15 is 0 Å². The third-order valence-corrected chi connectivity index (χ3v) is 6.29. The fraction of sp³-hybridized carbons (Fsp3) is 0.360. The maximum Gasteiger partial charge on any atom is 0.298 e. The molecular weight excluding hydrogens is 418 g/mol. The van der Waals surface area contributed by atoms with Crippen molar-refractivity contribution in [3.63, 3.8) is 0 Å². The summed E-state index contributed by atoms with van der Waals surface area (Å²) in [6.45, 7) is 5.68. The van der Waals surface area contributed by atoms with Crippen LogP contribution in [0.3, 0.4) is 0 Å². The van der Waals surface area contributed by atoms with E-state index in [0.29, 0.717) is 35.8 Å². The number of benzene rings is 2. The molecule has 2 aromatic carbocycles. The molecule has 2 aromatic heterocycles. The number of carbonyl (C=O) groups is 1. The van der Waals surface area contributed by atoms with Crippen LogP contribution in [0.2, 0.25) is 0 Å². The standard InChI is InChI=1S/C25H27N5O3/c1-16(2)30(15-22-26-19-8-4-3-7-18(19)23(31)28-22)24(32)17-11-13-29(14-12-17)25-27-20-9-5-6-10-21(20)33-25/h3-10,16-17H,11-15H2,1-2H3,(H,26,28,31). The molecular formula is C25H27N5O3. The average Bonchev–Trinajstić information content (AvgIpc) is 3.26. The smallest absolute Gasteiger partial charge is 0.298 e. The Morgan fingerprint density at radius 1 is 1.09 bits per heavy atom. The minimum absolute atomic E-state index is 0.00987. The van der Waals surface area contributed by atoms with Crippen LogP contribution in [0, 0.1) is 5.92 Å². The summed E-state index contributed by atoms with van der Waals surface area (Å²) in [6, 6.07) is 15.6. The summed E-state index contributed by atoms with van der Waals surface area (Å²) in [4.78, 5) is 41.8. The van der Waals surface area contributed by atoms with Gasteiger partial charge < -0.3 is 19.2 Å². The molecule has 1 N–H and O–H groups in total. The number of nitrogens with zero attached hydrogens (tertiary/aromatic N) is 4. The second kappa shape index (κ2) is 8.69. The molecule has 170 valence electrons. The summed E-state index contributed by atoms with van der Waals surface area (Å²) in [5.41, 5.74) is 2.07. The molecule has 0 atom stereocenters. The summed E-state index contributed by atoms with van der Waals surface area (Å²) < 4.78 is 5.89. The molecule has 1 aliphatic rings. The number of oxazole rings is 1. The zero-order valence-electron chi connectivity index (χ0n) is 18.8. The molecule has 1 amide bonds. The van der Waals surface area contributed by atoms with Crippen molar-refractivity contribution in [3.8, 4) is 0 Å². The number of piperidine rings is 1. The Morgan fingerprint density at radius 2 is 1.79 bits per heavy atom. The van der Waals surface area contributed by atoms with Gasteiger partial charge >= 0.3 is 0 Å². The first kappa shape index (κ1) is 21.2. The van der Waals surface area contributed by atoms with Gasteiger partial charge in [0.2, 0.25) is 5.91 Å². The number of nitrogens with one attached hydrogen (secondary N) is 1. The maximum atomic E-state index is 13.4. The number of rotatable bonds is 5. The van der Waals surface area contributed by atoms with Gasteiger partial charge in [-0.1, -0.05) is 24.3 Å². The monoisotopic (exact) mass is 445 g/mol. The van der Waals surface area contributed by atoms with Crippen LogP contribution in [-0.2, 0) is 11.3 Å². The third-order valence-electron chi connectivity index (χ3n) is 6.29. The van der Waals surface area contributed by atoms with Crippen LogP contribution in [0.4, 0.5) is 6.01 Å². The molecule has 0 spiro atoms. The Kier molecular flexibility index (Phi) is 5.58. The Hall–Kier alpha value is -3.68. The predicted octanol–water partition coefficient (Wildman–Crippen LogP) is 3.72. The summed E-state index contributed by atoms with van der Waals surface area (Å²) in [7, 11) is 0. The predicted molar refractivity (Wildman–Crippen MR) is 127 cm³/mol. The van der Waals surface area contributed by atoms with E-state index in [1.54, 1.807) is 6.07 Å². The number of carbonyl (C=O) groups excluding carboxylic acids is 1. The quantitative estimate of drug-likeness (QED) is 0.503. The molecule has 1 aliphatic heterocycles. The minimum Gasteiger partial charge on any atom is -0.423 e. The first-order chi connectivity index (χ1) is 16.0. The molecule has 33 heavy (non-hydrogen) atoms.